The number of ketones is 1. The van der Waals surface area contributed by atoms with E-state index in [0.29, 0.717) is 5.56 Å². The highest BCUT2D eigenvalue weighted by Gasteiger charge is 2.25. The molecule has 22 heavy (non-hydrogen) atoms. The van der Waals surface area contributed by atoms with E-state index in [4.69, 9.17) is 0 Å². The molecule has 0 aliphatic rings. The zero-order valence-electron chi connectivity index (χ0n) is 11.7. The Morgan fingerprint density at radius 2 is 1.64 bits per heavy atom. The van der Waals surface area contributed by atoms with Crippen molar-refractivity contribution in [3.8, 4) is 0 Å². The summed E-state index contributed by atoms with van der Waals surface area (Å²) in [7, 11) is 0. The van der Waals surface area contributed by atoms with Gasteiger partial charge in [0.2, 0.25) is 12.3 Å². The number of pyridine rings is 1. The Hall–Kier alpha value is -3.08. The molecule has 1 heterocycles. The van der Waals surface area contributed by atoms with E-state index < -0.39 is 4.92 Å². The smallest absolute Gasteiger partial charge is 0.287 e. The Kier molecular flexibility index (Phi) is 3.62. The lowest BCUT2D eigenvalue weighted by Crippen LogP contribution is -2.40. The number of aromatic nitrogens is 1. The molecule has 0 amide bonds. The van der Waals surface area contributed by atoms with Crippen LogP contribution in [0.3, 0.4) is 0 Å². The third-order valence-electron chi connectivity index (χ3n) is 3.47. The van der Waals surface area contributed by atoms with Crippen molar-refractivity contribution in [1.29, 1.82) is 0 Å². The molecule has 3 aromatic rings. The first-order valence-electron chi connectivity index (χ1n) is 6.80. The fourth-order valence-corrected chi connectivity index (χ4v) is 2.37. The lowest BCUT2D eigenvalue weighted by atomic mass is 10.1. The van der Waals surface area contributed by atoms with Gasteiger partial charge in [-0.25, -0.2) is 0 Å². The number of hydrogen-bond donors (Lipinski definition) is 0. The molecule has 1 aromatic heterocycles. The maximum Gasteiger partial charge on any atom is 0.502 e. The van der Waals surface area contributed by atoms with Gasteiger partial charge in [0.15, 0.2) is 6.20 Å². The molecule has 5 heteroatoms. The van der Waals surface area contributed by atoms with Crippen molar-refractivity contribution in [3.63, 3.8) is 0 Å². The Morgan fingerprint density at radius 1 is 1.00 bits per heavy atom. The summed E-state index contributed by atoms with van der Waals surface area (Å²) < 4.78 is 1.39. The van der Waals surface area contributed by atoms with Crippen molar-refractivity contribution in [2.24, 2.45) is 0 Å². The van der Waals surface area contributed by atoms with E-state index in [0.717, 1.165) is 10.8 Å². The van der Waals surface area contributed by atoms with E-state index in [9.17, 15) is 14.9 Å². The van der Waals surface area contributed by atoms with Crippen molar-refractivity contribution in [1.82, 2.24) is 0 Å². The van der Waals surface area contributed by atoms with Gasteiger partial charge in [0, 0.05) is 16.3 Å². The zero-order valence-corrected chi connectivity index (χ0v) is 11.7. The number of carbonyl (C=O) groups excluding carboxylic acids is 1. The molecule has 0 bridgehead atoms. The fourth-order valence-electron chi connectivity index (χ4n) is 2.37. The largest absolute Gasteiger partial charge is 0.502 e. The molecule has 5 nitrogen and oxygen atoms in total. The second-order valence-corrected chi connectivity index (χ2v) is 4.93. The van der Waals surface area contributed by atoms with E-state index in [-0.39, 0.29) is 18.1 Å². The van der Waals surface area contributed by atoms with Crippen molar-refractivity contribution in [2.75, 3.05) is 0 Å². The van der Waals surface area contributed by atoms with Gasteiger partial charge in [-0.2, -0.15) is 0 Å². The van der Waals surface area contributed by atoms with Gasteiger partial charge in [0.05, 0.1) is 6.07 Å². The number of hydrogen-bond acceptors (Lipinski definition) is 3. The highest BCUT2D eigenvalue weighted by molar-refractivity contribution is 5.95. The lowest BCUT2D eigenvalue weighted by Gasteiger charge is -2.01. The third kappa shape index (κ3) is 2.69. The first kappa shape index (κ1) is 13.9. The quantitative estimate of drug-likeness (QED) is 0.321. The summed E-state index contributed by atoms with van der Waals surface area (Å²) in [5.41, 5.74) is 0.539. The number of rotatable bonds is 4. The van der Waals surface area contributed by atoms with Gasteiger partial charge >= 0.3 is 5.82 Å². The number of Topliss-reactive ketones (excluding diaryl/α,β-unsaturated/α-hetero) is 1. The molecule has 0 fully saturated rings. The van der Waals surface area contributed by atoms with Crippen LogP contribution in [0.5, 0.6) is 0 Å². The molecule has 0 aliphatic heterocycles. The number of nitrogens with zero attached hydrogens (tertiary/aromatic N) is 2. The van der Waals surface area contributed by atoms with Crippen LogP contribution in [0, 0.1) is 10.1 Å². The molecular weight excluding hydrogens is 280 g/mol. The summed E-state index contributed by atoms with van der Waals surface area (Å²) >= 11 is 0. The molecular formula is C17H13N2O3+. The van der Waals surface area contributed by atoms with Gasteiger partial charge in [0.25, 0.3) is 0 Å². The second-order valence-electron chi connectivity index (χ2n) is 4.93. The monoisotopic (exact) mass is 293 g/mol. The van der Waals surface area contributed by atoms with Crippen LogP contribution in [0.25, 0.3) is 10.8 Å². The highest BCUT2D eigenvalue weighted by Crippen LogP contribution is 2.16. The number of fused-ring (bicyclic) bond motifs is 1. The molecule has 108 valence electrons. The summed E-state index contributed by atoms with van der Waals surface area (Å²) in [6.07, 6.45) is 1.65. The normalized spacial score (nSPS) is 10.5. The minimum Gasteiger partial charge on any atom is -0.287 e. The minimum atomic E-state index is -0.468. The van der Waals surface area contributed by atoms with E-state index in [1.54, 1.807) is 30.5 Å². The first-order valence-corrected chi connectivity index (χ1v) is 6.80. The van der Waals surface area contributed by atoms with Crippen LogP contribution in [0.1, 0.15) is 10.4 Å². The highest BCUT2D eigenvalue weighted by atomic mass is 16.6. The van der Waals surface area contributed by atoms with Gasteiger partial charge < -0.3 is 0 Å². The van der Waals surface area contributed by atoms with E-state index in [1.807, 2.05) is 30.3 Å². The van der Waals surface area contributed by atoms with Crippen molar-refractivity contribution < 1.29 is 14.3 Å². The molecule has 0 N–H and O–H groups in total. The Balaban J connectivity index is 2.03. The Bertz CT molecular complexity index is 860. The number of nitro groups is 1. The maximum atomic E-state index is 12.3. The van der Waals surface area contributed by atoms with Crippen molar-refractivity contribution >= 4 is 22.4 Å². The van der Waals surface area contributed by atoms with E-state index >= 15 is 0 Å². The lowest BCUT2D eigenvalue weighted by molar-refractivity contribution is -0.724. The number of carbonyl (C=O) groups is 1. The predicted molar refractivity (Wildman–Crippen MR) is 81.6 cm³/mol. The topological polar surface area (TPSA) is 64.1 Å². The number of benzene rings is 2. The second kappa shape index (κ2) is 5.73. The van der Waals surface area contributed by atoms with Gasteiger partial charge in [-0.05, 0) is 6.07 Å². The summed E-state index contributed by atoms with van der Waals surface area (Å²) in [6.45, 7) is -0.0643. The zero-order chi connectivity index (χ0) is 15.5. The standard InChI is InChI=1S/C17H13N2O3/c20-16(13-6-2-1-3-7-13)12-18-11-15-9-5-4-8-14(15)10-17(18)19(21)22/h1-11H,12H2/q+1. The van der Waals surface area contributed by atoms with Crippen molar-refractivity contribution in [3.05, 3.63) is 82.5 Å². The molecule has 0 spiro atoms. The van der Waals surface area contributed by atoms with Crippen LogP contribution in [0.4, 0.5) is 5.82 Å². The molecule has 0 saturated heterocycles. The summed E-state index contributed by atoms with van der Waals surface area (Å²) in [4.78, 5) is 23.1. The van der Waals surface area contributed by atoms with Gasteiger partial charge in [-0.3, -0.25) is 14.9 Å². The predicted octanol–water partition coefficient (Wildman–Crippen LogP) is 2.92. The molecule has 2 aromatic carbocycles. The Labute approximate surface area is 126 Å². The molecule has 0 unspecified atom stereocenters. The summed E-state index contributed by atoms with van der Waals surface area (Å²) in [6, 6.07) is 17.6. The third-order valence-corrected chi connectivity index (χ3v) is 3.47. The first-order chi connectivity index (χ1) is 10.6. The van der Waals surface area contributed by atoms with Crippen LogP contribution < -0.4 is 4.57 Å². The molecule has 0 atom stereocenters. The molecule has 0 saturated carbocycles. The van der Waals surface area contributed by atoms with Crippen LogP contribution in [0.2, 0.25) is 0 Å². The van der Waals surface area contributed by atoms with Gasteiger partial charge in [-0.1, -0.05) is 48.5 Å². The summed E-state index contributed by atoms with van der Waals surface area (Å²) in [5.74, 6) is -0.257. The molecule has 0 aliphatic carbocycles. The SMILES string of the molecule is O=C(C[n+]1cc2ccccc2cc1[N+](=O)[O-])c1ccccc1. The van der Waals surface area contributed by atoms with E-state index in [1.165, 1.54) is 10.6 Å². The molecule has 3 rings (SSSR count). The van der Waals surface area contributed by atoms with Crippen LogP contribution in [0.15, 0.2) is 66.9 Å². The van der Waals surface area contributed by atoms with Crippen molar-refractivity contribution in [2.45, 2.75) is 6.54 Å². The maximum absolute atomic E-state index is 12.3. The van der Waals surface area contributed by atoms with Gasteiger partial charge in [0.1, 0.15) is 4.92 Å². The summed E-state index contributed by atoms with van der Waals surface area (Å²) in [5, 5.41) is 12.9. The average molecular weight is 293 g/mol. The fraction of sp³-hybridized carbons (Fsp3) is 0.0588. The van der Waals surface area contributed by atoms with Gasteiger partial charge in [-0.15, -0.1) is 4.57 Å². The minimum absolute atomic E-state index is 0.0643. The van der Waals surface area contributed by atoms with Crippen LogP contribution in [-0.2, 0) is 6.54 Å². The van der Waals surface area contributed by atoms with Crippen LogP contribution in [-0.4, -0.2) is 10.7 Å². The molecule has 0 radical (unpaired) electrons. The Morgan fingerprint density at radius 3 is 2.32 bits per heavy atom. The van der Waals surface area contributed by atoms with Crippen LogP contribution >= 0.6 is 0 Å². The van der Waals surface area contributed by atoms with E-state index in [2.05, 4.69) is 0 Å². The average Bonchev–Trinajstić information content (AvgIpc) is 2.54.